The fraction of sp³-hybridized carbons (Fsp3) is 0.500. The lowest BCUT2D eigenvalue weighted by atomic mass is 10.0. The molecule has 76 valence electrons. The lowest BCUT2D eigenvalue weighted by molar-refractivity contribution is 0.321. The van der Waals surface area contributed by atoms with Crippen molar-refractivity contribution in [2.45, 2.75) is 13.3 Å². The highest BCUT2D eigenvalue weighted by atomic mass is 16.5. The van der Waals surface area contributed by atoms with Gasteiger partial charge in [0.1, 0.15) is 0 Å². The lowest BCUT2D eigenvalue weighted by Crippen LogP contribution is -2.29. The molecule has 1 aliphatic rings. The van der Waals surface area contributed by atoms with Crippen molar-refractivity contribution < 1.29 is 4.52 Å². The molecule has 1 aromatic rings. The number of nitrogen functional groups attached to an aromatic ring is 1. The maximum atomic E-state index is 5.67. The van der Waals surface area contributed by atoms with Crippen molar-refractivity contribution in [2.75, 3.05) is 25.4 Å². The fourth-order valence-electron chi connectivity index (χ4n) is 1.76. The Bertz CT molecular complexity index is 343. The normalized spacial score (nSPS) is 18.2. The molecule has 4 heteroatoms. The maximum absolute atomic E-state index is 5.67. The number of rotatable bonds is 2. The predicted molar refractivity (Wildman–Crippen MR) is 55.6 cm³/mol. The number of aromatic nitrogens is 1. The van der Waals surface area contributed by atoms with Crippen LogP contribution in [-0.2, 0) is 0 Å². The molecule has 0 radical (unpaired) electrons. The van der Waals surface area contributed by atoms with Crippen LogP contribution in [-0.4, -0.2) is 29.7 Å². The Morgan fingerprint density at radius 2 is 2.50 bits per heavy atom. The first-order valence-electron chi connectivity index (χ1n) is 4.93. The summed E-state index contributed by atoms with van der Waals surface area (Å²) in [5.74, 6) is 0.425. The summed E-state index contributed by atoms with van der Waals surface area (Å²) in [5.41, 5.74) is 7.85. The molecule has 0 aromatic carbocycles. The number of nitrogens with zero attached hydrogens (tertiary/aromatic N) is 2. The summed E-state index contributed by atoms with van der Waals surface area (Å²) in [6, 6.07) is 0. The molecule has 4 nitrogen and oxygen atoms in total. The van der Waals surface area contributed by atoms with Crippen molar-refractivity contribution in [1.82, 2.24) is 10.1 Å². The highest BCUT2D eigenvalue weighted by Crippen LogP contribution is 2.24. The molecule has 0 atom stereocenters. The summed E-state index contributed by atoms with van der Waals surface area (Å²) in [6.07, 6.45) is 4.99. The third kappa shape index (κ3) is 1.65. The Morgan fingerprint density at radius 3 is 3.14 bits per heavy atom. The largest absolute Gasteiger partial charge is 0.367 e. The van der Waals surface area contributed by atoms with E-state index in [2.05, 4.69) is 23.1 Å². The summed E-state index contributed by atoms with van der Waals surface area (Å²) in [6.45, 7) is 5.32. The van der Waals surface area contributed by atoms with Crippen LogP contribution in [0.15, 0.2) is 16.8 Å². The Balaban J connectivity index is 2.19. The van der Waals surface area contributed by atoms with E-state index < -0.39 is 0 Å². The quantitative estimate of drug-likeness (QED) is 0.770. The van der Waals surface area contributed by atoms with Crippen LogP contribution in [0.5, 0.6) is 0 Å². The second kappa shape index (κ2) is 3.84. The predicted octanol–water partition coefficient (Wildman–Crippen LogP) is 1.37. The number of likely N-dealkylation sites (N-methyl/N-ethyl adjacent to an activating group) is 1. The van der Waals surface area contributed by atoms with Gasteiger partial charge < -0.3 is 10.3 Å². The summed E-state index contributed by atoms with van der Waals surface area (Å²) in [4.78, 5) is 2.38. The van der Waals surface area contributed by atoms with Gasteiger partial charge in [0, 0.05) is 13.1 Å². The Labute approximate surface area is 83.4 Å². The van der Waals surface area contributed by atoms with Gasteiger partial charge in [-0.25, -0.2) is 0 Å². The highest BCUT2D eigenvalue weighted by Gasteiger charge is 2.16. The van der Waals surface area contributed by atoms with Crippen LogP contribution in [0.3, 0.4) is 0 Å². The van der Waals surface area contributed by atoms with E-state index in [4.69, 9.17) is 10.3 Å². The maximum Gasteiger partial charge on any atom is 0.229 e. The zero-order valence-electron chi connectivity index (χ0n) is 8.36. The Kier molecular flexibility index (Phi) is 2.54. The summed E-state index contributed by atoms with van der Waals surface area (Å²) in [5, 5.41) is 3.69. The highest BCUT2D eigenvalue weighted by molar-refractivity contribution is 5.73. The average molecular weight is 193 g/mol. The molecule has 1 aromatic heterocycles. The van der Waals surface area contributed by atoms with Gasteiger partial charge >= 0.3 is 0 Å². The molecule has 0 aliphatic carbocycles. The van der Waals surface area contributed by atoms with E-state index in [9.17, 15) is 0 Å². The van der Waals surface area contributed by atoms with E-state index in [1.165, 1.54) is 5.57 Å². The van der Waals surface area contributed by atoms with Crippen LogP contribution >= 0.6 is 0 Å². The minimum atomic E-state index is 0.425. The van der Waals surface area contributed by atoms with E-state index in [-0.39, 0.29) is 0 Å². The van der Waals surface area contributed by atoms with Crippen molar-refractivity contribution >= 4 is 11.5 Å². The molecule has 0 unspecified atom stereocenters. The third-order valence-electron chi connectivity index (χ3n) is 2.62. The molecular weight excluding hydrogens is 178 g/mol. The van der Waals surface area contributed by atoms with Gasteiger partial charge in [-0.1, -0.05) is 18.2 Å². The zero-order chi connectivity index (χ0) is 9.97. The van der Waals surface area contributed by atoms with E-state index in [1.54, 1.807) is 6.20 Å². The van der Waals surface area contributed by atoms with Gasteiger partial charge in [-0.05, 0) is 18.5 Å². The minimum absolute atomic E-state index is 0.425. The van der Waals surface area contributed by atoms with Crippen molar-refractivity contribution in [3.8, 4) is 0 Å². The van der Waals surface area contributed by atoms with Gasteiger partial charge in [0.15, 0.2) is 0 Å². The summed E-state index contributed by atoms with van der Waals surface area (Å²) >= 11 is 0. The molecular formula is C10H15N3O. The molecule has 2 N–H and O–H groups in total. The van der Waals surface area contributed by atoms with Gasteiger partial charge in [-0.15, -0.1) is 0 Å². The van der Waals surface area contributed by atoms with E-state index in [0.29, 0.717) is 5.88 Å². The first kappa shape index (κ1) is 9.27. The zero-order valence-corrected chi connectivity index (χ0v) is 8.36. The number of hydrogen-bond donors (Lipinski definition) is 1. The van der Waals surface area contributed by atoms with Gasteiger partial charge in [0.2, 0.25) is 5.88 Å². The molecule has 2 rings (SSSR count). The van der Waals surface area contributed by atoms with Crippen molar-refractivity contribution in [3.63, 3.8) is 0 Å². The molecule has 14 heavy (non-hydrogen) atoms. The molecule has 2 heterocycles. The summed E-state index contributed by atoms with van der Waals surface area (Å²) < 4.78 is 4.86. The molecule has 1 aliphatic heterocycles. The third-order valence-corrected chi connectivity index (χ3v) is 2.62. The lowest BCUT2D eigenvalue weighted by Gasteiger charge is -2.25. The van der Waals surface area contributed by atoms with Crippen LogP contribution < -0.4 is 5.73 Å². The van der Waals surface area contributed by atoms with E-state index >= 15 is 0 Å². The first-order chi connectivity index (χ1) is 6.81. The van der Waals surface area contributed by atoms with Crippen LogP contribution in [0.1, 0.15) is 18.9 Å². The number of hydrogen-bond acceptors (Lipinski definition) is 4. The van der Waals surface area contributed by atoms with E-state index in [0.717, 1.165) is 31.6 Å². The minimum Gasteiger partial charge on any atom is -0.367 e. The van der Waals surface area contributed by atoms with Crippen molar-refractivity contribution in [3.05, 3.63) is 17.8 Å². The summed E-state index contributed by atoms with van der Waals surface area (Å²) in [7, 11) is 0. The molecule has 0 saturated carbocycles. The van der Waals surface area contributed by atoms with Gasteiger partial charge in [-0.3, -0.25) is 4.90 Å². The number of anilines is 1. The van der Waals surface area contributed by atoms with Crippen LogP contribution in [0.2, 0.25) is 0 Å². The molecule has 0 bridgehead atoms. The Morgan fingerprint density at radius 1 is 1.64 bits per heavy atom. The fourth-order valence-corrected chi connectivity index (χ4v) is 1.76. The number of nitrogens with two attached hydrogens (primary N) is 1. The SMILES string of the molecule is CCN1CCC=C(c2cnoc2N)C1. The smallest absolute Gasteiger partial charge is 0.229 e. The van der Waals surface area contributed by atoms with Gasteiger partial charge in [0.05, 0.1) is 11.8 Å². The molecule has 0 fully saturated rings. The van der Waals surface area contributed by atoms with Crippen molar-refractivity contribution in [2.24, 2.45) is 0 Å². The Hall–Kier alpha value is -1.29. The van der Waals surface area contributed by atoms with Gasteiger partial charge in [0.25, 0.3) is 0 Å². The van der Waals surface area contributed by atoms with Crippen molar-refractivity contribution in [1.29, 1.82) is 0 Å². The van der Waals surface area contributed by atoms with Crippen LogP contribution in [0.25, 0.3) is 5.57 Å². The molecule has 0 spiro atoms. The topological polar surface area (TPSA) is 55.3 Å². The molecule has 0 amide bonds. The average Bonchev–Trinajstić information content (AvgIpc) is 2.65. The van der Waals surface area contributed by atoms with E-state index in [1.807, 2.05) is 0 Å². The first-order valence-corrected chi connectivity index (χ1v) is 4.93. The second-order valence-corrected chi connectivity index (χ2v) is 3.49. The second-order valence-electron chi connectivity index (χ2n) is 3.49. The van der Waals surface area contributed by atoms with Crippen LogP contribution in [0, 0.1) is 0 Å². The van der Waals surface area contributed by atoms with Gasteiger partial charge in [-0.2, -0.15) is 0 Å². The monoisotopic (exact) mass is 193 g/mol. The molecule has 0 saturated heterocycles. The standard InChI is InChI=1S/C10H15N3O/c1-2-13-5-3-4-8(7-13)9-6-12-14-10(9)11/h4,6H,2-3,5,7,11H2,1H3. The van der Waals surface area contributed by atoms with Crippen LogP contribution in [0.4, 0.5) is 5.88 Å².